The summed E-state index contributed by atoms with van der Waals surface area (Å²) >= 11 is 0. The van der Waals surface area contributed by atoms with Crippen molar-refractivity contribution in [2.45, 2.75) is 63.5 Å². The normalized spacial score (nSPS) is 23.1. The fourth-order valence-electron chi connectivity index (χ4n) is 4.89. The van der Waals surface area contributed by atoms with Crippen LogP contribution in [0.25, 0.3) is 10.8 Å². The van der Waals surface area contributed by atoms with Crippen molar-refractivity contribution >= 4 is 10.8 Å². The summed E-state index contributed by atoms with van der Waals surface area (Å²) in [7, 11) is 0. The molecule has 4 nitrogen and oxygen atoms in total. The molecule has 0 saturated heterocycles. The number of aromatic amines is 1. The molecule has 4 rings (SSSR count). The summed E-state index contributed by atoms with van der Waals surface area (Å²) < 4.78 is 6.42. The van der Waals surface area contributed by atoms with Crippen molar-refractivity contribution in [3.8, 4) is 5.75 Å². The summed E-state index contributed by atoms with van der Waals surface area (Å²) in [6.45, 7) is 4.18. The van der Waals surface area contributed by atoms with Gasteiger partial charge in [0.05, 0.1) is 6.10 Å². The van der Waals surface area contributed by atoms with Gasteiger partial charge in [-0.15, -0.1) is 0 Å². The average Bonchev–Trinajstić information content (AvgIpc) is 2.76. The van der Waals surface area contributed by atoms with Crippen molar-refractivity contribution in [2.75, 3.05) is 0 Å². The lowest BCUT2D eigenvalue weighted by atomic mass is 9.64. The average molecular weight is 391 g/mol. The molecule has 2 aromatic carbocycles. The van der Waals surface area contributed by atoms with Gasteiger partial charge in [-0.1, -0.05) is 37.3 Å². The zero-order valence-corrected chi connectivity index (χ0v) is 17.3. The number of aromatic nitrogens is 1. The van der Waals surface area contributed by atoms with E-state index in [1.165, 1.54) is 5.56 Å². The summed E-state index contributed by atoms with van der Waals surface area (Å²) in [4.78, 5) is 14.8. The Labute approximate surface area is 172 Å². The molecular formula is C25H30N2O2. The lowest BCUT2D eigenvalue weighted by Crippen LogP contribution is -2.48. The number of hydrogen-bond donors (Lipinski definition) is 2. The molecule has 1 saturated carbocycles. The predicted molar refractivity (Wildman–Crippen MR) is 119 cm³/mol. The van der Waals surface area contributed by atoms with Gasteiger partial charge in [0.1, 0.15) is 5.75 Å². The van der Waals surface area contributed by atoms with E-state index in [9.17, 15) is 4.79 Å². The van der Waals surface area contributed by atoms with Gasteiger partial charge in [-0.2, -0.15) is 0 Å². The molecule has 0 radical (unpaired) electrons. The number of rotatable bonds is 5. The zero-order chi connectivity index (χ0) is 20.4. The van der Waals surface area contributed by atoms with Crippen LogP contribution in [0.4, 0.5) is 0 Å². The molecule has 0 spiro atoms. The molecule has 1 aliphatic rings. The van der Waals surface area contributed by atoms with Crippen LogP contribution >= 0.6 is 0 Å². The number of hydrogen-bond acceptors (Lipinski definition) is 3. The molecule has 3 aromatic rings. The minimum atomic E-state index is -0.0592. The highest BCUT2D eigenvalue weighted by Crippen LogP contribution is 2.43. The van der Waals surface area contributed by atoms with Gasteiger partial charge in [0.2, 0.25) is 0 Å². The highest BCUT2D eigenvalue weighted by Gasteiger charge is 2.41. The summed E-state index contributed by atoms with van der Waals surface area (Å²) in [5, 5.41) is 1.62. The number of aryl methyl sites for hydroxylation is 1. The van der Waals surface area contributed by atoms with E-state index in [1.54, 1.807) is 6.20 Å². The minimum Gasteiger partial charge on any atom is -0.490 e. The number of ether oxygens (including phenoxy) is 1. The van der Waals surface area contributed by atoms with Gasteiger partial charge in [0, 0.05) is 23.0 Å². The van der Waals surface area contributed by atoms with E-state index in [0.29, 0.717) is 5.39 Å². The summed E-state index contributed by atoms with van der Waals surface area (Å²) in [5.41, 5.74) is 8.96. The van der Waals surface area contributed by atoms with Crippen LogP contribution in [-0.2, 0) is 5.41 Å². The molecule has 1 fully saturated rings. The zero-order valence-electron chi connectivity index (χ0n) is 17.3. The largest absolute Gasteiger partial charge is 0.490 e. The first-order valence-corrected chi connectivity index (χ1v) is 10.6. The molecule has 4 heteroatoms. The Morgan fingerprint density at radius 1 is 1.17 bits per heavy atom. The minimum absolute atomic E-state index is 0.0294. The molecule has 3 N–H and O–H groups in total. The first kappa shape index (κ1) is 19.7. The maximum Gasteiger partial charge on any atom is 0.255 e. The van der Waals surface area contributed by atoms with Crippen LogP contribution in [-0.4, -0.2) is 17.1 Å². The quantitative estimate of drug-likeness (QED) is 0.655. The lowest BCUT2D eigenvalue weighted by Gasteiger charge is -2.44. The monoisotopic (exact) mass is 390 g/mol. The Kier molecular flexibility index (Phi) is 5.46. The van der Waals surface area contributed by atoms with E-state index in [4.69, 9.17) is 10.5 Å². The van der Waals surface area contributed by atoms with E-state index in [1.807, 2.05) is 25.1 Å². The van der Waals surface area contributed by atoms with Crippen LogP contribution in [0, 0.1) is 6.92 Å². The second kappa shape index (κ2) is 8.03. The van der Waals surface area contributed by atoms with Crippen LogP contribution in [0.2, 0.25) is 0 Å². The lowest BCUT2D eigenvalue weighted by molar-refractivity contribution is 0.103. The second-order valence-electron chi connectivity index (χ2n) is 8.37. The molecule has 1 heterocycles. The van der Waals surface area contributed by atoms with E-state index in [2.05, 4.69) is 42.2 Å². The van der Waals surface area contributed by atoms with Crippen LogP contribution in [0.5, 0.6) is 5.75 Å². The van der Waals surface area contributed by atoms with Crippen molar-refractivity contribution in [3.05, 3.63) is 76.2 Å². The van der Waals surface area contributed by atoms with Crippen molar-refractivity contribution in [2.24, 2.45) is 5.73 Å². The summed E-state index contributed by atoms with van der Waals surface area (Å²) in [6.07, 6.45) is 6.86. The highest BCUT2D eigenvalue weighted by atomic mass is 16.5. The van der Waals surface area contributed by atoms with E-state index in [0.717, 1.165) is 48.8 Å². The van der Waals surface area contributed by atoms with Crippen LogP contribution < -0.4 is 16.0 Å². The van der Waals surface area contributed by atoms with E-state index >= 15 is 0 Å². The first-order valence-electron chi connectivity index (χ1n) is 10.6. The molecule has 0 bridgehead atoms. The third-order valence-corrected chi connectivity index (χ3v) is 6.69. The van der Waals surface area contributed by atoms with Crippen molar-refractivity contribution in [1.82, 2.24) is 4.98 Å². The second-order valence-corrected chi connectivity index (χ2v) is 8.37. The molecular weight excluding hydrogens is 360 g/mol. The first-order chi connectivity index (χ1) is 14.0. The molecule has 0 unspecified atom stereocenters. The maximum absolute atomic E-state index is 12.0. The number of nitrogens with two attached hydrogens (primary N) is 1. The van der Waals surface area contributed by atoms with Gasteiger partial charge in [0.25, 0.3) is 5.56 Å². The number of fused-ring (bicyclic) bond motifs is 1. The predicted octanol–water partition coefficient (Wildman–Crippen LogP) is 4.83. The fraction of sp³-hybridized carbons (Fsp3) is 0.400. The topological polar surface area (TPSA) is 68.1 Å². The summed E-state index contributed by atoms with van der Waals surface area (Å²) in [6, 6.07) is 16.7. The Hall–Kier alpha value is -2.59. The van der Waals surface area contributed by atoms with Gasteiger partial charge >= 0.3 is 0 Å². The van der Waals surface area contributed by atoms with E-state index < -0.39 is 0 Å². The third-order valence-electron chi connectivity index (χ3n) is 6.69. The Morgan fingerprint density at radius 3 is 2.59 bits per heavy atom. The number of benzene rings is 2. The number of nitrogens with one attached hydrogen (secondary N) is 1. The van der Waals surface area contributed by atoms with E-state index in [-0.39, 0.29) is 23.1 Å². The fourth-order valence-corrected chi connectivity index (χ4v) is 4.89. The number of pyridine rings is 1. The van der Waals surface area contributed by atoms with Gasteiger partial charge in [-0.05, 0) is 73.7 Å². The molecule has 152 valence electrons. The Morgan fingerprint density at radius 2 is 1.90 bits per heavy atom. The standard InChI is InChI=1S/C25H30N2O2/c1-3-23(26)25(19-7-5-4-6-8-19)12-9-20(10-13-25)29-22-16-18-11-14-27-24(28)21(18)15-17(22)2/h4-8,11,14-16,20,23H,3,9-10,12-13,26H2,1-2H3,(H,27,28)/t20?,23-,25?/m1/s1. The molecule has 29 heavy (non-hydrogen) atoms. The van der Waals surface area contributed by atoms with Gasteiger partial charge < -0.3 is 15.5 Å². The van der Waals surface area contributed by atoms with Crippen molar-refractivity contribution in [1.29, 1.82) is 0 Å². The van der Waals surface area contributed by atoms with Gasteiger partial charge in [-0.25, -0.2) is 0 Å². The smallest absolute Gasteiger partial charge is 0.255 e. The Bertz CT molecular complexity index is 1030. The van der Waals surface area contributed by atoms with Gasteiger partial charge in [-0.3, -0.25) is 4.79 Å². The third kappa shape index (κ3) is 3.69. The summed E-state index contributed by atoms with van der Waals surface area (Å²) in [5.74, 6) is 0.875. The molecule has 1 atom stereocenters. The molecule has 0 aliphatic heterocycles. The molecule has 1 aromatic heterocycles. The molecule has 0 amide bonds. The molecule has 1 aliphatic carbocycles. The maximum atomic E-state index is 12.0. The van der Waals surface area contributed by atoms with Crippen molar-refractivity contribution in [3.63, 3.8) is 0 Å². The van der Waals surface area contributed by atoms with Crippen LogP contribution in [0.15, 0.2) is 59.5 Å². The van der Waals surface area contributed by atoms with Gasteiger partial charge in [0.15, 0.2) is 0 Å². The SMILES string of the molecule is CC[C@@H](N)C1(c2ccccc2)CCC(Oc2cc3cc[nH]c(=O)c3cc2C)CC1. The highest BCUT2D eigenvalue weighted by molar-refractivity contribution is 5.83. The van der Waals surface area contributed by atoms with Crippen LogP contribution in [0.1, 0.15) is 50.2 Å². The Balaban J connectivity index is 1.54. The van der Waals surface area contributed by atoms with Crippen LogP contribution in [0.3, 0.4) is 0 Å². The number of H-pyrrole nitrogens is 1. The van der Waals surface area contributed by atoms with Crippen molar-refractivity contribution < 1.29 is 4.74 Å².